The van der Waals surface area contributed by atoms with Crippen LogP contribution in [0, 0.1) is 13.8 Å². The number of hydrogen-bond donors (Lipinski definition) is 1. The molecule has 146 valence electrons. The molecular formula is C25H24N2O2. The summed E-state index contributed by atoms with van der Waals surface area (Å²) in [5.74, 6) is -0.0431. The number of anilines is 1. The van der Waals surface area contributed by atoms with E-state index in [1.54, 1.807) is 0 Å². The van der Waals surface area contributed by atoms with Crippen LogP contribution in [-0.4, -0.2) is 18.4 Å². The van der Waals surface area contributed by atoms with Crippen molar-refractivity contribution < 1.29 is 9.59 Å². The molecule has 0 aliphatic carbocycles. The minimum absolute atomic E-state index is 0.0351. The Morgan fingerprint density at radius 2 is 1.59 bits per heavy atom. The maximum Gasteiger partial charge on any atom is 0.258 e. The van der Waals surface area contributed by atoms with Crippen molar-refractivity contribution >= 4 is 17.5 Å². The lowest BCUT2D eigenvalue weighted by molar-refractivity contribution is 0.0949. The SMILES string of the molecule is Cc1cccc(C(=O)NCc2ccc3c(c2)CCN3C(=O)c2cccc(C)c2)c1. The highest BCUT2D eigenvalue weighted by atomic mass is 16.2. The fraction of sp³-hybridized carbons (Fsp3) is 0.200. The van der Waals surface area contributed by atoms with Crippen molar-refractivity contribution in [1.29, 1.82) is 0 Å². The lowest BCUT2D eigenvalue weighted by Crippen LogP contribution is -2.28. The minimum Gasteiger partial charge on any atom is -0.348 e. The highest BCUT2D eigenvalue weighted by molar-refractivity contribution is 6.07. The molecule has 0 saturated carbocycles. The Kier molecular flexibility index (Phi) is 5.17. The van der Waals surface area contributed by atoms with Crippen LogP contribution in [0.15, 0.2) is 66.7 Å². The van der Waals surface area contributed by atoms with E-state index >= 15 is 0 Å². The summed E-state index contributed by atoms with van der Waals surface area (Å²) in [5, 5.41) is 2.98. The second kappa shape index (κ2) is 7.92. The topological polar surface area (TPSA) is 49.4 Å². The Hall–Kier alpha value is -3.40. The van der Waals surface area contributed by atoms with Gasteiger partial charge in [0.2, 0.25) is 0 Å². The van der Waals surface area contributed by atoms with E-state index in [0.29, 0.717) is 24.2 Å². The molecule has 1 aliphatic heterocycles. The van der Waals surface area contributed by atoms with Gasteiger partial charge in [0.15, 0.2) is 0 Å². The van der Waals surface area contributed by atoms with Crippen molar-refractivity contribution in [2.75, 3.05) is 11.4 Å². The summed E-state index contributed by atoms with van der Waals surface area (Å²) in [5.41, 5.74) is 6.67. The number of hydrogen-bond acceptors (Lipinski definition) is 2. The molecule has 1 heterocycles. The molecule has 1 aliphatic rings. The average molecular weight is 384 g/mol. The van der Waals surface area contributed by atoms with Gasteiger partial charge < -0.3 is 10.2 Å². The third-order valence-electron chi connectivity index (χ3n) is 5.28. The monoisotopic (exact) mass is 384 g/mol. The summed E-state index contributed by atoms with van der Waals surface area (Å²) in [6, 6.07) is 21.3. The quantitative estimate of drug-likeness (QED) is 0.723. The van der Waals surface area contributed by atoms with Crippen LogP contribution in [-0.2, 0) is 13.0 Å². The first-order chi connectivity index (χ1) is 14.0. The molecule has 0 spiro atoms. The van der Waals surface area contributed by atoms with E-state index in [1.165, 1.54) is 0 Å². The Bertz CT molecular complexity index is 1090. The maximum absolute atomic E-state index is 12.9. The number of amides is 2. The molecule has 3 aromatic carbocycles. The van der Waals surface area contributed by atoms with Gasteiger partial charge in [0.05, 0.1) is 0 Å². The lowest BCUT2D eigenvalue weighted by atomic mass is 10.1. The summed E-state index contributed by atoms with van der Waals surface area (Å²) in [6.07, 6.45) is 0.826. The van der Waals surface area contributed by atoms with Gasteiger partial charge in [0.1, 0.15) is 0 Å². The number of aryl methyl sites for hydroxylation is 2. The van der Waals surface area contributed by atoms with E-state index in [-0.39, 0.29) is 11.8 Å². The highest BCUT2D eigenvalue weighted by Gasteiger charge is 2.25. The van der Waals surface area contributed by atoms with Crippen molar-refractivity contribution in [3.05, 3.63) is 100 Å². The summed E-state index contributed by atoms with van der Waals surface area (Å²) in [7, 11) is 0. The molecule has 2 amide bonds. The molecule has 1 N–H and O–H groups in total. The molecule has 4 rings (SSSR count). The number of carbonyl (C=O) groups is 2. The normalized spacial score (nSPS) is 12.6. The van der Waals surface area contributed by atoms with Crippen molar-refractivity contribution in [2.45, 2.75) is 26.8 Å². The number of fused-ring (bicyclic) bond motifs is 1. The number of nitrogens with zero attached hydrogens (tertiary/aromatic N) is 1. The number of nitrogens with one attached hydrogen (secondary N) is 1. The Labute approximate surface area is 171 Å². The van der Waals surface area contributed by atoms with Crippen LogP contribution in [0.3, 0.4) is 0 Å². The van der Waals surface area contributed by atoms with Gasteiger partial charge in [-0.3, -0.25) is 9.59 Å². The average Bonchev–Trinajstić information content (AvgIpc) is 3.14. The fourth-order valence-corrected chi connectivity index (χ4v) is 3.78. The van der Waals surface area contributed by atoms with Gasteiger partial charge >= 0.3 is 0 Å². The lowest BCUT2D eigenvalue weighted by Gasteiger charge is -2.18. The molecular weight excluding hydrogens is 360 g/mol. The molecule has 0 atom stereocenters. The molecule has 0 radical (unpaired) electrons. The summed E-state index contributed by atoms with van der Waals surface area (Å²) >= 11 is 0. The van der Waals surface area contributed by atoms with E-state index in [1.807, 2.05) is 79.4 Å². The predicted octanol–water partition coefficient (Wildman–Crippen LogP) is 4.44. The minimum atomic E-state index is -0.0783. The van der Waals surface area contributed by atoms with Crippen LogP contribution in [0.25, 0.3) is 0 Å². The first-order valence-corrected chi connectivity index (χ1v) is 9.86. The van der Waals surface area contributed by atoms with Gasteiger partial charge in [0.25, 0.3) is 11.8 Å². The van der Waals surface area contributed by atoms with Crippen LogP contribution < -0.4 is 10.2 Å². The van der Waals surface area contributed by atoms with Crippen LogP contribution in [0.5, 0.6) is 0 Å². The molecule has 0 saturated heterocycles. The van der Waals surface area contributed by atoms with Crippen molar-refractivity contribution in [2.24, 2.45) is 0 Å². The van der Waals surface area contributed by atoms with E-state index in [4.69, 9.17) is 0 Å². The zero-order valence-corrected chi connectivity index (χ0v) is 16.7. The van der Waals surface area contributed by atoms with E-state index in [0.717, 1.165) is 34.4 Å². The van der Waals surface area contributed by atoms with Crippen LogP contribution in [0.2, 0.25) is 0 Å². The summed E-state index contributed by atoms with van der Waals surface area (Å²) < 4.78 is 0. The van der Waals surface area contributed by atoms with Gasteiger partial charge in [-0.2, -0.15) is 0 Å². The summed E-state index contributed by atoms with van der Waals surface area (Å²) in [6.45, 7) is 5.11. The van der Waals surface area contributed by atoms with Crippen molar-refractivity contribution in [1.82, 2.24) is 5.32 Å². The molecule has 3 aromatic rings. The predicted molar refractivity (Wildman–Crippen MR) is 115 cm³/mol. The maximum atomic E-state index is 12.9. The highest BCUT2D eigenvalue weighted by Crippen LogP contribution is 2.30. The molecule has 0 bridgehead atoms. The molecule has 29 heavy (non-hydrogen) atoms. The zero-order valence-electron chi connectivity index (χ0n) is 16.7. The van der Waals surface area contributed by atoms with Crippen molar-refractivity contribution in [3.63, 3.8) is 0 Å². The Morgan fingerprint density at radius 3 is 2.31 bits per heavy atom. The van der Waals surface area contributed by atoms with Crippen molar-refractivity contribution in [3.8, 4) is 0 Å². The van der Waals surface area contributed by atoms with E-state index in [9.17, 15) is 9.59 Å². The second-order valence-electron chi connectivity index (χ2n) is 7.59. The van der Waals surface area contributed by atoms with Crippen LogP contribution in [0.1, 0.15) is 43.0 Å². The number of carbonyl (C=O) groups excluding carboxylic acids is 2. The third-order valence-corrected chi connectivity index (χ3v) is 5.28. The second-order valence-corrected chi connectivity index (χ2v) is 7.59. The third kappa shape index (κ3) is 4.06. The number of rotatable bonds is 4. The Balaban J connectivity index is 1.46. The smallest absolute Gasteiger partial charge is 0.258 e. The van der Waals surface area contributed by atoms with Gasteiger partial charge in [-0.05, 0) is 61.7 Å². The largest absolute Gasteiger partial charge is 0.348 e. The van der Waals surface area contributed by atoms with Crippen LogP contribution >= 0.6 is 0 Å². The van der Waals surface area contributed by atoms with Crippen LogP contribution in [0.4, 0.5) is 5.69 Å². The van der Waals surface area contributed by atoms with Gasteiger partial charge in [-0.1, -0.05) is 47.5 Å². The molecule has 4 nitrogen and oxygen atoms in total. The Morgan fingerprint density at radius 1 is 0.897 bits per heavy atom. The summed E-state index contributed by atoms with van der Waals surface area (Å²) in [4.78, 5) is 27.1. The molecule has 4 heteroatoms. The van der Waals surface area contributed by atoms with Gasteiger partial charge in [0, 0.05) is 29.9 Å². The molecule has 0 aromatic heterocycles. The zero-order chi connectivity index (χ0) is 20.4. The van der Waals surface area contributed by atoms with Gasteiger partial charge in [-0.25, -0.2) is 0 Å². The van der Waals surface area contributed by atoms with Gasteiger partial charge in [-0.15, -0.1) is 0 Å². The number of benzene rings is 3. The van der Waals surface area contributed by atoms with E-state index < -0.39 is 0 Å². The fourth-order valence-electron chi connectivity index (χ4n) is 3.78. The molecule has 0 fully saturated rings. The first-order valence-electron chi connectivity index (χ1n) is 9.86. The van der Waals surface area contributed by atoms with E-state index in [2.05, 4.69) is 11.4 Å². The molecule has 0 unspecified atom stereocenters. The standard InChI is InChI=1S/C25H24N2O2/c1-17-5-3-7-21(13-17)24(28)26-16-19-9-10-23-20(15-19)11-12-27(23)25(29)22-8-4-6-18(2)14-22/h3-10,13-15H,11-12,16H2,1-2H3,(H,26,28). The first kappa shape index (κ1) is 18.9.